The number of hydrogen-bond donors (Lipinski definition) is 0. The predicted molar refractivity (Wildman–Crippen MR) is 222 cm³/mol. The van der Waals surface area contributed by atoms with E-state index in [4.69, 9.17) is 9.40 Å². The Morgan fingerprint density at radius 3 is 2.18 bits per heavy atom. The van der Waals surface area contributed by atoms with E-state index in [0.29, 0.717) is 5.92 Å². The van der Waals surface area contributed by atoms with Crippen LogP contribution in [0.1, 0.15) is 39.3 Å². The van der Waals surface area contributed by atoms with Crippen molar-refractivity contribution < 1.29 is 24.5 Å². The van der Waals surface area contributed by atoms with Crippen LogP contribution in [0.3, 0.4) is 0 Å². The quantitative estimate of drug-likeness (QED) is 0.154. The maximum atomic E-state index is 6.85. The third kappa shape index (κ3) is 6.22. The Kier molecular flexibility index (Phi) is 8.89. The second-order valence-corrected chi connectivity index (χ2v) is 14.6. The topological polar surface area (TPSA) is 38.9 Å². The fraction of sp³-hybridized carbons (Fsp3) is 0.0980. The normalized spacial score (nSPS) is 15.7. The molecule has 2 atom stereocenters. The zero-order valence-corrected chi connectivity index (χ0v) is 33.1. The third-order valence-electron chi connectivity index (χ3n) is 11.0. The summed E-state index contributed by atoms with van der Waals surface area (Å²) in [5.41, 5.74) is 18.9. The number of furan rings is 1. The molecule has 4 heterocycles. The number of hydrogen-bond acceptors (Lipinski definition) is 3. The predicted octanol–water partition coefficient (Wildman–Crippen LogP) is 12.9. The summed E-state index contributed by atoms with van der Waals surface area (Å²) in [4.78, 5) is 9.22. The van der Waals surface area contributed by atoms with Gasteiger partial charge in [-0.05, 0) is 87.4 Å². The molecule has 1 radical (unpaired) electrons. The van der Waals surface area contributed by atoms with Crippen LogP contribution in [0.2, 0.25) is 0 Å². The van der Waals surface area contributed by atoms with E-state index in [1.165, 1.54) is 55.6 Å². The average Bonchev–Trinajstić information content (AvgIpc) is 3.61. The zero-order valence-electron chi connectivity index (χ0n) is 30.7. The van der Waals surface area contributed by atoms with Crippen LogP contribution in [-0.2, 0) is 20.1 Å². The van der Waals surface area contributed by atoms with Crippen molar-refractivity contribution in [1.29, 1.82) is 0 Å². The Morgan fingerprint density at radius 2 is 1.38 bits per heavy atom. The molecule has 3 aromatic heterocycles. The van der Waals surface area contributed by atoms with Crippen molar-refractivity contribution in [3.63, 3.8) is 0 Å². The summed E-state index contributed by atoms with van der Waals surface area (Å²) in [5.74, 6) is 0.493. The first kappa shape index (κ1) is 34.8. The van der Waals surface area contributed by atoms with Crippen molar-refractivity contribution in [3.05, 3.63) is 191 Å². The van der Waals surface area contributed by atoms with E-state index < -0.39 is 0 Å². The molecule has 11 rings (SSSR count). The molecule has 267 valence electrons. The Labute approximate surface area is 335 Å². The van der Waals surface area contributed by atoms with E-state index in [9.17, 15) is 0 Å². The number of fused-ring (bicyclic) bond motifs is 11. The number of aryl methyl sites for hydroxylation is 3. The van der Waals surface area contributed by atoms with Crippen LogP contribution < -0.4 is 0 Å². The maximum Gasteiger partial charge on any atom is 0.125 e. The minimum Gasteiger partial charge on any atom is -0.500 e. The van der Waals surface area contributed by atoms with Gasteiger partial charge in [-0.2, -0.15) is 0 Å². The molecule has 8 aromatic rings. The van der Waals surface area contributed by atoms with Gasteiger partial charge in [-0.1, -0.05) is 115 Å². The van der Waals surface area contributed by atoms with Crippen molar-refractivity contribution in [2.75, 3.05) is 0 Å². The van der Waals surface area contributed by atoms with Gasteiger partial charge in [-0.3, -0.25) is 0 Å². The average molecular weight is 885 g/mol. The first-order valence-electron chi connectivity index (χ1n) is 18.5. The smallest absolute Gasteiger partial charge is 0.125 e. The van der Waals surface area contributed by atoms with Crippen molar-refractivity contribution in [1.82, 2.24) is 9.97 Å². The van der Waals surface area contributed by atoms with Gasteiger partial charge < -0.3 is 14.4 Å². The molecular weight excluding hydrogens is 849 g/mol. The summed E-state index contributed by atoms with van der Waals surface area (Å²) < 4.78 is 6.85. The minimum atomic E-state index is 0. The SMILES string of the molecule is Cc1c[c-]c(-c2ccc(C)cn2)cc1.Cc1cnc2cc1-c1cccc(c1)-c1cccc(c1)C1=CC3c4c(ccc5c4oc4c-2[c-]ccc45)C=CC3C=C1.[Ir]. The van der Waals surface area contributed by atoms with Gasteiger partial charge in [0.15, 0.2) is 0 Å². The largest absolute Gasteiger partial charge is 0.500 e. The second-order valence-electron chi connectivity index (χ2n) is 14.6. The number of rotatable bonds is 1. The van der Waals surface area contributed by atoms with E-state index >= 15 is 0 Å². The number of benzene rings is 5. The molecule has 55 heavy (non-hydrogen) atoms. The number of aromatic nitrogens is 2. The molecule has 3 nitrogen and oxygen atoms in total. The van der Waals surface area contributed by atoms with E-state index in [1.54, 1.807) is 0 Å². The van der Waals surface area contributed by atoms with Crippen LogP contribution in [0.5, 0.6) is 0 Å². The molecule has 10 bridgehead atoms. The van der Waals surface area contributed by atoms with E-state index in [-0.39, 0.29) is 26.0 Å². The fourth-order valence-corrected chi connectivity index (χ4v) is 8.09. The van der Waals surface area contributed by atoms with Crippen molar-refractivity contribution in [3.8, 4) is 44.8 Å². The van der Waals surface area contributed by atoms with Gasteiger partial charge in [0, 0.05) is 55.3 Å². The van der Waals surface area contributed by atoms with Gasteiger partial charge in [-0.15, -0.1) is 53.6 Å². The Bertz CT molecular complexity index is 2810. The van der Waals surface area contributed by atoms with Crippen LogP contribution >= 0.6 is 0 Å². The maximum absolute atomic E-state index is 6.85. The molecule has 5 aromatic carbocycles. The summed E-state index contributed by atoms with van der Waals surface area (Å²) in [6.45, 7) is 6.22. The summed E-state index contributed by atoms with van der Waals surface area (Å²) in [6.07, 6.45) is 15.5. The van der Waals surface area contributed by atoms with Gasteiger partial charge >= 0.3 is 0 Å². The van der Waals surface area contributed by atoms with Gasteiger partial charge in [0.05, 0.1) is 5.58 Å². The van der Waals surface area contributed by atoms with Crippen molar-refractivity contribution in [2.45, 2.75) is 26.7 Å². The van der Waals surface area contributed by atoms with E-state index in [2.05, 4.69) is 146 Å². The molecule has 0 saturated carbocycles. The minimum absolute atomic E-state index is 0. The van der Waals surface area contributed by atoms with Gasteiger partial charge in [0.1, 0.15) is 5.58 Å². The van der Waals surface area contributed by atoms with Crippen molar-refractivity contribution in [2.24, 2.45) is 5.92 Å². The van der Waals surface area contributed by atoms with E-state index in [1.807, 2.05) is 43.6 Å². The first-order valence-corrected chi connectivity index (χ1v) is 18.5. The van der Waals surface area contributed by atoms with Crippen molar-refractivity contribution >= 4 is 33.6 Å². The molecule has 0 spiro atoms. The molecule has 0 amide bonds. The zero-order chi connectivity index (χ0) is 36.3. The van der Waals surface area contributed by atoms with Gasteiger partial charge in [-0.25, -0.2) is 0 Å². The number of nitrogens with zero attached hydrogens (tertiary/aromatic N) is 2. The van der Waals surface area contributed by atoms with Gasteiger partial charge in [0.2, 0.25) is 0 Å². The molecule has 0 saturated heterocycles. The molecule has 2 aliphatic carbocycles. The Balaban J connectivity index is 0.000000225. The van der Waals surface area contributed by atoms with Crippen LogP contribution in [0, 0.1) is 38.8 Å². The monoisotopic (exact) mass is 885 g/mol. The van der Waals surface area contributed by atoms with E-state index in [0.717, 1.165) is 50.0 Å². The molecule has 0 N–H and O–H groups in total. The number of allylic oxidation sites excluding steroid dienone is 5. The van der Waals surface area contributed by atoms with Crippen LogP contribution in [0.25, 0.3) is 78.4 Å². The fourth-order valence-electron chi connectivity index (χ4n) is 8.09. The summed E-state index contributed by atoms with van der Waals surface area (Å²) in [6, 6.07) is 45.4. The van der Waals surface area contributed by atoms with Crippen LogP contribution in [0.4, 0.5) is 0 Å². The molecular formula is C51H36IrN2O-2. The first-order chi connectivity index (χ1) is 26.5. The molecule has 2 unspecified atom stereocenters. The van der Waals surface area contributed by atoms with Crippen LogP contribution in [-0.4, -0.2) is 9.97 Å². The summed E-state index contributed by atoms with van der Waals surface area (Å²) in [5, 5.41) is 2.25. The third-order valence-corrected chi connectivity index (χ3v) is 11.0. The molecule has 0 fully saturated rings. The molecule has 3 aliphatic rings. The van der Waals surface area contributed by atoms with Gasteiger partial charge in [0.25, 0.3) is 0 Å². The summed E-state index contributed by atoms with van der Waals surface area (Å²) in [7, 11) is 0. The summed E-state index contributed by atoms with van der Waals surface area (Å²) >= 11 is 0. The molecule has 4 heteroatoms. The Hall–Kier alpha value is -5.93. The standard InChI is InChI=1S/C38H24NO.C13H12N.Ir/c1-22-21-39-35-20-33(22)29-8-3-7-27(18-29)25-5-2-6-26(17-25)28-14-12-23-11-13-24-15-16-31-30-9-4-10-32(35)37(30)40-38(31)36(24)34(23)19-28;1-10-3-6-12(7-4-10)13-8-5-11(2)9-14-13;/h2-9,11-21,23,34H,1H3;3-6,8-9H,1-2H3;/q2*-1;. The van der Waals surface area contributed by atoms with Crippen LogP contribution in [0.15, 0.2) is 150 Å². The number of pyridine rings is 2. The Morgan fingerprint density at radius 1 is 0.636 bits per heavy atom. The molecule has 1 aliphatic heterocycles. The second kappa shape index (κ2) is 14.0.